The maximum absolute atomic E-state index is 12.2. The van der Waals surface area contributed by atoms with Crippen molar-refractivity contribution in [1.29, 1.82) is 0 Å². The Hall–Kier alpha value is -1.30. The predicted molar refractivity (Wildman–Crippen MR) is 78.0 cm³/mol. The zero-order valence-electron chi connectivity index (χ0n) is 12.4. The van der Waals surface area contributed by atoms with Crippen molar-refractivity contribution in [3.8, 4) is 0 Å². The number of nitrogens with zero attached hydrogens (tertiary/aromatic N) is 1. The van der Waals surface area contributed by atoms with Crippen molar-refractivity contribution >= 4 is 12.0 Å². The van der Waals surface area contributed by atoms with Gasteiger partial charge in [0.15, 0.2) is 0 Å². The van der Waals surface area contributed by atoms with E-state index in [0.717, 1.165) is 45.2 Å². The highest BCUT2D eigenvalue weighted by Crippen LogP contribution is 2.28. The average Bonchev–Trinajstić information content (AvgIpc) is 3.04. The van der Waals surface area contributed by atoms with E-state index in [-0.39, 0.29) is 18.1 Å². The molecule has 0 aromatic carbocycles. The number of carbonyl (C=O) groups is 2. The fraction of sp³-hybridized carbons (Fsp3) is 0.867. The number of aliphatic carboxylic acids is 1. The first-order valence-electron chi connectivity index (χ1n) is 8.19. The van der Waals surface area contributed by atoms with Crippen LogP contribution in [0.1, 0.15) is 44.9 Å². The lowest BCUT2D eigenvalue weighted by molar-refractivity contribution is -0.143. The first-order chi connectivity index (χ1) is 10.1. The zero-order valence-corrected chi connectivity index (χ0v) is 12.4. The molecule has 2 aliphatic heterocycles. The van der Waals surface area contributed by atoms with E-state index in [2.05, 4.69) is 15.5 Å². The molecule has 0 aromatic rings. The number of carboxylic acid groups (broad SMARTS) is 1. The standard InChI is InChI=1S/C15H25N3O3/c19-14(20)10-4-1-2-5-11(10)16-15(21)17-12-7-9-18-8-3-6-13(12)18/h10-13H,1-9H2,(H,19,20)(H2,16,17,21). The Morgan fingerprint density at radius 1 is 0.905 bits per heavy atom. The molecule has 3 fully saturated rings. The molecule has 6 heteroatoms. The first-order valence-corrected chi connectivity index (χ1v) is 8.19. The highest BCUT2D eigenvalue weighted by molar-refractivity contribution is 5.77. The number of carboxylic acids is 1. The van der Waals surface area contributed by atoms with Crippen molar-refractivity contribution in [2.45, 2.75) is 63.1 Å². The molecule has 0 radical (unpaired) electrons. The Labute approximate surface area is 125 Å². The molecule has 3 N–H and O–H groups in total. The minimum atomic E-state index is -0.789. The van der Waals surface area contributed by atoms with Crippen LogP contribution in [0.4, 0.5) is 4.79 Å². The van der Waals surface area contributed by atoms with Gasteiger partial charge in [-0.3, -0.25) is 9.69 Å². The number of urea groups is 1. The van der Waals surface area contributed by atoms with Gasteiger partial charge in [-0.1, -0.05) is 12.8 Å². The van der Waals surface area contributed by atoms with Crippen LogP contribution in [0, 0.1) is 5.92 Å². The van der Waals surface area contributed by atoms with Crippen molar-refractivity contribution < 1.29 is 14.7 Å². The molecular formula is C15H25N3O3. The van der Waals surface area contributed by atoms with Gasteiger partial charge in [0.25, 0.3) is 0 Å². The summed E-state index contributed by atoms with van der Waals surface area (Å²) in [5, 5.41) is 15.2. The van der Waals surface area contributed by atoms with Gasteiger partial charge in [0.2, 0.25) is 0 Å². The molecule has 3 rings (SSSR count). The third-order valence-corrected chi connectivity index (χ3v) is 5.32. The van der Waals surface area contributed by atoms with Crippen LogP contribution in [0.3, 0.4) is 0 Å². The largest absolute Gasteiger partial charge is 0.481 e. The van der Waals surface area contributed by atoms with Crippen LogP contribution in [0.5, 0.6) is 0 Å². The van der Waals surface area contributed by atoms with E-state index in [4.69, 9.17) is 0 Å². The van der Waals surface area contributed by atoms with Crippen LogP contribution in [0.25, 0.3) is 0 Å². The number of hydrogen-bond acceptors (Lipinski definition) is 3. The van der Waals surface area contributed by atoms with Crippen LogP contribution in [-0.2, 0) is 4.79 Å². The molecule has 0 bridgehead atoms. The fourth-order valence-electron chi connectivity index (χ4n) is 4.23. The van der Waals surface area contributed by atoms with Crippen LogP contribution < -0.4 is 10.6 Å². The molecular weight excluding hydrogens is 270 g/mol. The highest BCUT2D eigenvalue weighted by Gasteiger charge is 2.38. The van der Waals surface area contributed by atoms with Crippen molar-refractivity contribution in [2.75, 3.05) is 13.1 Å². The van der Waals surface area contributed by atoms with Crippen LogP contribution in [0.15, 0.2) is 0 Å². The minimum absolute atomic E-state index is 0.188. The summed E-state index contributed by atoms with van der Waals surface area (Å²) in [6.07, 6.45) is 6.75. The van der Waals surface area contributed by atoms with Crippen molar-refractivity contribution in [3.63, 3.8) is 0 Å². The molecule has 2 amide bonds. The van der Waals surface area contributed by atoms with Crippen LogP contribution >= 0.6 is 0 Å². The van der Waals surface area contributed by atoms with E-state index >= 15 is 0 Å². The molecule has 2 heterocycles. The second-order valence-electron chi connectivity index (χ2n) is 6.59. The topological polar surface area (TPSA) is 81.7 Å². The Kier molecular flexibility index (Phi) is 4.33. The quantitative estimate of drug-likeness (QED) is 0.730. The van der Waals surface area contributed by atoms with Gasteiger partial charge in [0.1, 0.15) is 0 Å². The van der Waals surface area contributed by atoms with Crippen molar-refractivity contribution in [1.82, 2.24) is 15.5 Å². The average molecular weight is 295 g/mol. The van der Waals surface area contributed by atoms with E-state index in [9.17, 15) is 14.7 Å². The summed E-state index contributed by atoms with van der Waals surface area (Å²) in [6, 6.07) is 0.293. The monoisotopic (exact) mass is 295 g/mol. The molecule has 21 heavy (non-hydrogen) atoms. The lowest BCUT2D eigenvalue weighted by Crippen LogP contribution is -2.52. The summed E-state index contributed by atoms with van der Waals surface area (Å²) in [4.78, 5) is 25.9. The number of hydrogen-bond donors (Lipinski definition) is 3. The van der Waals surface area contributed by atoms with Crippen molar-refractivity contribution in [3.05, 3.63) is 0 Å². The number of nitrogens with one attached hydrogen (secondary N) is 2. The molecule has 3 aliphatic rings. The normalized spacial score (nSPS) is 36.2. The number of fused-ring (bicyclic) bond motifs is 1. The Balaban J connectivity index is 1.52. The maximum atomic E-state index is 12.2. The predicted octanol–water partition coefficient (Wildman–Crippen LogP) is 1.17. The van der Waals surface area contributed by atoms with Crippen LogP contribution in [0.2, 0.25) is 0 Å². The lowest BCUT2D eigenvalue weighted by Gasteiger charge is -2.30. The summed E-state index contributed by atoms with van der Waals surface area (Å²) in [5.41, 5.74) is 0. The summed E-state index contributed by atoms with van der Waals surface area (Å²) >= 11 is 0. The summed E-state index contributed by atoms with van der Waals surface area (Å²) in [5.74, 6) is -1.22. The van der Waals surface area contributed by atoms with E-state index in [1.165, 1.54) is 6.42 Å². The Morgan fingerprint density at radius 2 is 1.67 bits per heavy atom. The molecule has 0 spiro atoms. The molecule has 6 nitrogen and oxygen atoms in total. The van der Waals surface area contributed by atoms with E-state index < -0.39 is 11.9 Å². The maximum Gasteiger partial charge on any atom is 0.315 e. The van der Waals surface area contributed by atoms with Gasteiger partial charge < -0.3 is 15.7 Å². The second kappa shape index (κ2) is 6.22. The highest BCUT2D eigenvalue weighted by atomic mass is 16.4. The van der Waals surface area contributed by atoms with E-state index in [1.54, 1.807) is 0 Å². The lowest BCUT2D eigenvalue weighted by atomic mass is 9.84. The molecule has 1 saturated carbocycles. The molecule has 1 aliphatic carbocycles. The summed E-state index contributed by atoms with van der Waals surface area (Å²) in [6.45, 7) is 2.21. The Morgan fingerprint density at radius 3 is 2.48 bits per heavy atom. The third kappa shape index (κ3) is 3.15. The number of amides is 2. The van der Waals surface area contributed by atoms with Crippen LogP contribution in [-0.4, -0.2) is 53.2 Å². The number of carbonyl (C=O) groups excluding carboxylic acids is 1. The van der Waals surface area contributed by atoms with Gasteiger partial charge in [-0.15, -0.1) is 0 Å². The summed E-state index contributed by atoms with van der Waals surface area (Å²) < 4.78 is 0. The summed E-state index contributed by atoms with van der Waals surface area (Å²) in [7, 11) is 0. The van der Waals surface area contributed by atoms with Crippen molar-refractivity contribution in [2.24, 2.45) is 5.92 Å². The smallest absolute Gasteiger partial charge is 0.315 e. The molecule has 118 valence electrons. The third-order valence-electron chi connectivity index (χ3n) is 5.32. The zero-order chi connectivity index (χ0) is 14.8. The van der Waals surface area contributed by atoms with Gasteiger partial charge in [-0.2, -0.15) is 0 Å². The van der Waals surface area contributed by atoms with Gasteiger partial charge in [-0.25, -0.2) is 4.79 Å². The minimum Gasteiger partial charge on any atom is -0.481 e. The van der Waals surface area contributed by atoms with Gasteiger partial charge in [-0.05, 0) is 38.6 Å². The molecule has 4 unspecified atom stereocenters. The molecule has 4 atom stereocenters. The fourth-order valence-corrected chi connectivity index (χ4v) is 4.23. The number of rotatable bonds is 3. The Bertz CT molecular complexity index is 415. The first kappa shape index (κ1) is 14.6. The second-order valence-corrected chi connectivity index (χ2v) is 6.59. The van der Waals surface area contributed by atoms with E-state index in [0.29, 0.717) is 12.5 Å². The van der Waals surface area contributed by atoms with Gasteiger partial charge in [0, 0.05) is 24.7 Å². The van der Waals surface area contributed by atoms with E-state index in [1.807, 2.05) is 0 Å². The molecule has 0 aromatic heterocycles. The van der Waals surface area contributed by atoms with Gasteiger partial charge in [0.05, 0.1) is 5.92 Å². The SMILES string of the molecule is O=C(NC1CCCCC1C(=O)O)NC1CCN2CCCC12. The molecule has 2 saturated heterocycles. The van der Waals surface area contributed by atoms with Gasteiger partial charge >= 0.3 is 12.0 Å².